The lowest BCUT2D eigenvalue weighted by molar-refractivity contribution is 0.489. The van der Waals surface area contributed by atoms with E-state index in [0.717, 1.165) is 61.4 Å². The molecule has 0 aliphatic carbocycles. The number of nitrogens with zero attached hydrogens (tertiary/aromatic N) is 3. The van der Waals surface area contributed by atoms with Gasteiger partial charge in [-0.25, -0.2) is 15.0 Å². The van der Waals surface area contributed by atoms with Crippen LogP contribution in [0.15, 0.2) is 176 Å². The lowest BCUT2D eigenvalue weighted by atomic mass is 9.89. The highest BCUT2D eigenvalue weighted by atomic mass is 16.5. The molecule has 51 heavy (non-hydrogen) atoms. The van der Waals surface area contributed by atoms with Crippen LogP contribution in [0.3, 0.4) is 0 Å². The first-order valence-electron chi connectivity index (χ1n) is 17.1. The minimum absolute atomic E-state index is 0.631. The molecule has 0 bridgehead atoms. The zero-order chi connectivity index (χ0) is 33.7. The van der Waals surface area contributed by atoms with E-state index in [1.807, 2.05) is 60.7 Å². The fourth-order valence-electron chi connectivity index (χ4n) is 7.27. The molecular formula is C47H29N3O. The number of fused-ring (bicyclic) bond motifs is 4. The van der Waals surface area contributed by atoms with Crippen molar-refractivity contribution in [1.82, 2.24) is 15.0 Å². The zero-order valence-corrected chi connectivity index (χ0v) is 27.5. The number of para-hydroxylation sites is 1. The summed E-state index contributed by atoms with van der Waals surface area (Å²) in [6.45, 7) is 0. The summed E-state index contributed by atoms with van der Waals surface area (Å²) in [6.07, 6.45) is 0. The van der Waals surface area contributed by atoms with E-state index in [2.05, 4.69) is 115 Å². The third kappa shape index (κ3) is 5.04. The number of benzene rings is 8. The molecule has 10 rings (SSSR count). The average molecular weight is 652 g/mol. The molecular weight excluding hydrogens is 623 g/mol. The molecule has 1 aliphatic rings. The van der Waals surface area contributed by atoms with Crippen molar-refractivity contribution in [2.45, 2.75) is 0 Å². The summed E-state index contributed by atoms with van der Waals surface area (Å²) < 4.78 is 6.84. The van der Waals surface area contributed by atoms with Gasteiger partial charge in [-0.1, -0.05) is 158 Å². The van der Waals surface area contributed by atoms with Crippen LogP contribution >= 0.6 is 0 Å². The van der Waals surface area contributed by atoms with Crippen molar-refractivity contribution in [3.8, 4) is 79.0 Å². The maximum absolute atomic E-state index is 6.84. The Morgan fingerprint density at radius 3 is 1.55 bits per heavy atom. The number of hydrogen-bond acceptors (Lipinski definition) is 4. The molecule has 2 heterocycles. The monoisotopic (exact) mass is 651 g/mol. The van der Waals surface area contributed by atoms with Crippen molar-refractivity contribution >= 4 is 21.5 Å². The molecule has 0 fully saturated rings. The van der Waals surface area contributed by atoms with Crippen LogP contribution in [0.25, 0.3) is 89.1 Å². The Labute approximate surface area is 295 Å². The highest BCUT2D eigenvalue weighted by molar-refractivity contribution is 6.16. The van der Waals surface area contributed by atoms with Crippen molar-refractivity contribution in [3.05, 3.63) is 176 Å². The first kappa shape index (κ1) is 29.0. The van der Waals surface area contributed by atoms with Crippen LogP contribution in [0.5, 0.6) is 11.5 Å². The van der Waals surface area contributed by atoms with Crippen molar-refractivity contribution in [2.24, 2.45) is 0 Å². The molecule has 0 N–H and O–H groups in total. The minimum atomic E-state index is 0.631. The number of rotatable bonds is 5. The predicted octanol–water partition coefficient (Wildman–Crippen LogP) is 12.3. The quantitative estimate of drug-likeness (QED) is 0.174. The molecule has 0 saturated carbocycles. The summed E-state index contributed by atoms with van der Waals surface area (Å²) >= 11 is 0. The lowest BCUT2D eigenvalue weighted by Crippen LogP contribution is -2.00. The van der Waals surface area contributed by atoms with Crippen LogP contribution in [0, 0.1) is 0 Å². The van der Waals surface area contributed by atoms with Gasteiger partial charge in [-0.3, -0.25) is 0 Å². The predicted molar refractivity (Wildman–Crippen MR) is 208 cm³/mol. The molecule has 0 unspecified atom stereocenters. The van der Waals surface area contributed by atoms with Gasteiger partial charge in [0, 0.05) is 33.2 Å². The molecule has 0 amide bonds. The topological polar surface area (TPSA) is 47.9 Å². The van der Waals surface area contributed by atoms with E-state index in [9.17, 15) is 0 Å². The van der Waals surface area contributed by atoms with Crippen molar-refractivity contribution in [2.75, 3.05) is 0 Å². The second-order valence-electron chi connectivity index (χ2n) is 12.8. The summed E-state index contributed by atoms with van der Waals surface area (Å²) in [6, 6.07) is 61.0. The van der Waals surface area contributed by atoms with Gasteiger partial charge >= 0.3 is 0 Å². The van der Waals surface area contributed by atoms with E-state index < -0.39 is 0 Å². The largest absolute Gasteiger partial charge is 0.455 e. The Bertz CT molecular complexity index is 2720. The molecule has 0 atom stereocenters. The molecule has 0 radical (unpaired) electrons. The second kappa shape index (κ2) is 11.9. The molecule has 0 spiro atoms. The van der Waals surface area contributed by atoms with Crippen LogP contribution in [0.2, 0.25) is 0 Å². The smallest absolute Gasteiger partial charge is 0.164 e. The Kier molecular flexibility index (Phi) is 6.78. The summed E-state index contributed by atoms with van der Waals surface area (Å²) in [5.74, 6) is 3.69. The first-order valence-corrected chi connectivity index (χ1v) is 17.1. The molecule has 0 saturated heterocycles. The normalized spacial score (nSPS) is 11.7. The SMILES string of the molecule is c1ccc(-c2nc(-c3ccccc3)nc(-c3cccc(-c4cccc(-c5cccc6c5Oc5cc7ccccc7c7cccc-6c57)c4)c3)n2)cc1. The van der Waals surface area contributed by atoms with Crippen molar-refractivity contribution in [3.63, 3.8) is 0 Å². The minimum Gasteiger partial charge on any atom is -0.455 e. The van der Waals surface area contributed by atoms with Crippen LogP contribution in [0.4, 0.5) is 0 Å². The molecule has 4 nitrogen and oxygen atoms in total. The summed E-state index contributed by atoms with van der Waals surface area (Å²) in [5, 5.41) is 4.78. The average Bonchev–Trinajstić information content (AvgIpc) is 3.21. The molecule has 1 aromatic heterocycles. The summed E-state index contributed by atoms with van der Waals surface area (Å²) in [5.41, 5.74) is 9.43. The maximum atomic E-state index is 6.84. The Balaban J connectivity index is 1.06. The molecule has 4 heteroatoms. The van der Waals surface area contributed by atoms with Gasteiger partial charge in [-0.15, -0.1) is 0 Å². The van der Waals surface area contributed by atoms with E-state index in [1.165, 1.54) is 21.7 Å². The van der Waals surface area contributed by atoms with Gasteiger partial charge in [0.25, 0.3) is 0 Å². The standard InChI is InChI=1S/C47H29N3O/c1-3-13-30(14-4-1)45-48-46(31-15-5-2-6-16-31)50-47(49-45)36-21-10-19-33(28-36)32-18-9-20-34(27-32)38-23-11-26-41-40-25-12-24-39-37-22-8-7-17-35(37)29-42(43(39)40)51-44(38)41/h1-29H. The summed E-state index contributed by atoms with van der Waals surface area (Å²) in [4.78, 5) is 14.8. The van der Waals surface area contributed by atoms with Gasteiger partial charge in [0.05, 0.1) is 0 Å². The second-order valence-corrected chi connectivity index (χ2v) is 12.8. The van der Waals surface area contributed by atoms with Gasteiger partial charge in [0.15, 0.2) is 17.5 Å². The Morgan fingerprint density at radius 2 is 0.824 bits per heavy atom. The molecule has 9 aromatic rings. The third-order valence-corrected chi connectivity index (χ3v) is 9.69. The van der Waals surface area contributed by atoms with Gasteiger partial charge in [0.2, 0.25) is 0 Å². The summed E-state index contributed by atoms with van der Waals surface area (Å²) in [7, 11) is 0. The van der Waals surface area contributed by atoms with Gasteiger partial charge in [0.1, 0.15) is 11.5 Å². The van der Waals surface area contributed by atoms with E-state index in [0.29, 0.717) is 17.5 Å². The maximum Gasteiger partial charge on any atom is 0.164 e. The molecule has 238 valence electrons. The number of aromatic nitrogens is 3. The molecule has 1 aliphatic heterocycles. The lowest BCUT2D eigenvalue weighted by Gasteiger charge is -2.24. The van der Waals surface area contributed by atoms with Crippen LogP contribution in [0.1, 0.15) is 0 Å². The highest BCUT2D eigenvalue weighted by Gasteiger charge is 2.24. The number of ether oxygens (including phenoxy) is 1. The van der Waals surface area contributed by atoms with E-state index in [-0.39, 0.29) is 0 Å². The highest BCUT2D eigenvalue weighted by Crippen LogP contribution is 2.51. The molecule has 8 aromatic carbocycles. The zero-order valence-electron chi connectivity index (χ0n) is 27.5. The van der Waals surface area contributed by atoms with Gasteiger partial charge in [-0.05, 0) is 56.6 Å². The van der Waals surface area contributed by atoms with E-state index >= 15 is 0 Å². The first-order chi connectivity index (χ1) is 25.3. The Morgan fingerprint density at radius 1 is 0.333 bits per heavy atom. The van der Waals surface area contributed by atoms with Crippen molar-refractivity contribution < 1.29 is 4.74 Å². The van der Waals surface area contributed by atoms with E-state index in [1.54, 1.807) is 0 Å². The fourth-order valence-corrected chi connectivity index (χ4v) is 7.27. The van der Waals surface area contributed by atoms with Gasteiger partial charge < -0.3 is 4.74 Å². The number of hydrogen-bond donors (Lipinski definition) is 0. The van der Waals surface area contributed by atoms with Crippen molar-refractivity contribution in [1.29, 1.82) is 0 Å². The fraction of sp³-hybridized carbons (Fsp3) is 0. The van der Waals surface area contributed by atoms with E-state index in [4.69, 9.17) is 19.7 Å². The third-order valence-electron chi connectivity index (χ3n) is 9.69. The van der Waals surface area contributed by atoms with Gasteiger partial charge in [-0.2, -0.15) is 0 Å². The van der Waals surface area contributed by atoms with Crippen LogP contribution < -0.4 is 4.74 Å². The van der Waals surface area contributed by atoms with Crippen LogP contribution in [-0.2, 0) is 0 Å². The Hall–Kier alpha value is -6.91. The van der Waals surface area contributed by atoms with Crippen LogP contribution in [-0.4, -0.2) is 15.0 Å².